The maximum atomic E-state index is 12.5. The fourth-order valence-corrected chi connectivity index (χ4v) is 3.23. The molecule has 1 heterocycles. The number of anilines is 2. The summed E-state index contributed by atoms with van der Waals surface area (Å²) in [5.74, 6) is -0.928. The number of carbonyl (C=O) groups excluding carboxylic acids is 2. The number of nitrogens with zero attached hydrogens (tertiary/aromatic N) is 2. The van der Waals surface area contributed by atoms with E-state index in [9.17, 15) is 9.59 Å². The van der Waals surface area contributed by atoms with Gasteiger partial charge in [0.2, 0.25) is 0 Å². The number of ether oxygens (including phenoxy) is 1. The molecular weight excluding hydrogens is 366 g/mol. The van der Waals surface area contributed by atoms with Crippen LogP contribution in [0.3, 0.4) is 0 Å². The normalized spacial score (nSPS) is 10.6. The average molecular weight is 391 g/mol. The van der Waals surface area contributed by atoms with Gasteiger partial charge < -0.3 is 15.0 Å². The van der Waals surface area contributed by atoms with Gasteiger partial charge in [-0.15, -0.1) is 0 Å². The molecule has 29 heavy (non-hydrogen) atoms. The highest BCUT2D eigenvalue weighted by Crippen LogP contribution is 2.20. The van der Waals surface area contributed by atoms with E-state index in [0.717, 1.165) is 24.3 Å². The number of aryl methyl sites for hydroxylation is 1. The number of benzene rings is 2. The van der Waals surface area contributed by atoms with Crippen molar-refractivity contribution in [1.29, 1.82) is 0 Å². The number of nitrogens with one attached hydrogen (secondary N) is 1. The Kier molecular flexibility index (Phi) is 6.44. The number of carbonyl (C=O) groups is 2. The summed E-state index contributed by atoms with van der Waals surface area (Å²) >= 11 is 0. The topological polar surface area (TPSA) is 71.5 Å². The third kappa shape index (κ3) is 4.90. The molecule has 0 unspecified atom stereocenters. The predicted molar refractivity (Wildman–Crippen MR) is 115 cm³/mol. The van der Waals surface area contributed by atoms with Gasteiger partial charge in [0.15, 0.2) is 6.61 Å². The number of amides is 1. The fourth-order valence-electron chi connectivity index (χ4n) is 3.23. The Labute approximate surface area is 170 Å². The van der Waals surface area contributed by atoms with Crippen molar-refractivity contribution in [1.82, 2.24) is 4.98 Å². The molecule has 1 aromatic heterocycles. The lowest BCUT2D eigenvalue weighted by Crippen LogP contribution is -2.22. The fraction of sp³-hybridized carbons (Fsp3) is 0.261. The number of pyridine rings is 1. The van der Waals surface area contributed by atoms with Gasteiger partial charge >= 0.3 is 5.97 Å². The van der Waals surface area contributed by atoms with E-state index in [0.29, 0.717) is 22.3 Å². The van der Waals surface area contributed by atoms with Crippen LogP contribution in [0.2, 0.25) is 0 Å². The Morgan fingerprint density at radius 3 is 2.41 bits per heavy atom. The van der Waals surface area contributed by atoms with E-state index in [1.165, 1.54) is 0 Å². The third-order valence-corrected chi connectivity index (χ3v) is 4.68. The zero-order valence-corrected chi connectivity index (χ0v) is 16.9. The molecule has 0 bridgehead atoms. The third-order valence-electron chi connectivity index (χ3n) is 4.68. The molecule has 0 saturated carbocycles. The van der Waals surface area contributed by atoms with Gasteiger partial charge in [-0.25, -0.2) is 4.79 Å². The van der Waals surface area contributed by atoms with Crippen LogP contribution in [0.15, 0.2) is 54.6 Å². The lowest BCUT2D eigenvalue weighted by Gasteiger charge is -2.21. The van der Waals surface area contributed by atoms with Crippen LogP contribution >= 0.6 is 0 Å². The minimum absolute atomic E-state index is 0.355. The van der Waals surface area contributed by atoms with Crippen LogP contribution in [-0.2, 0) is 9.53 Å². The van der Waals surface area contributed by atoms with Gasteiger partial charge in [0.05, 0.1) is 11.1 Å². The first-order valence-corrected chi connectivity index (χ1v) is 9.70. The van der Waals surface area contributed by atoms with E-state index in [2.05, 4.69) is 29.0 Å². The minimum Gasteiger partial charge on any atom is -0.452 e. The lowest BCUT2D eigenvalue weighted by molar-refractivity contribution is -0.119. The van der Waals surface area contributed by atoms with Crippen molar-refractivity contribution in [3.63, 3.8) is 0 Å². The Hall–Kier alpha value is -3.41. The van der Waals surface area contributed by atoms with Crippen molar-refractivity contribution in [2.45, 2.75) is 20.8 Å². The highest BCUT2D eigenvalue weighted by Gasteiger charge is 2.15. The maximum absolute atomic E-state index is 12.5. The van der Waals surface area contributed by atoms with Crippen LogP contribution in [0.5, 0.6) is 0 Å². The first-order valence-electron chi connectivity index (χ1n) is 9.70. The second kappa shape index (κ2) is 9.19. The summed E-state index contributed by atoms with van der Waals surface area (Å²) in [7, 11) is 0. The molecular formula is C23H25N3O3. The van der Waals surface area contributed by atoms with Crippen molar-refractivity contribution in [2.24, 2.45) is 0 Å². The van der Waals surface area contributed by atoms with Crippen LogP contribution in [0.1, 0.15) is 29.9 Å². The van der Waals surface area contributed by atoms with Crippen LogP contribution in [-0.4, -0.2) is 36.6 Å². The number of hydrogen-bond donors (Lipinski definition) is 1. The second-order valence-electron chi connectivity index (χ2n) is 6.67. The van der Waals surface area contributed by atoms with Gasteiger partial charge in [0, 0.05) is 35.5 Å². The second-order valence-corrected chi connectivity index (χ2v) is 6.67. The van der Waals surface area contributed by atoms with Gasteiger partial charge in [-0.2, -0.15) is 0 Å². The van der Waals surface area contributed by atoms with Crippen LogP contribution in [0, 0.1) is 6.92 Å². The van der Waals surface area contributed by atoms with Crippen molar-refractivity contribution in [3.05, 3.63) is 65.9 Å². The van der Waals surface area contributed by atoms with Crippen LogP contribution < -0.4 is 10.2 Å². The van der Waals surface area contributed by atoms with Gasteiger partial charge in [-0.1, -0.05) is 18.2 Å². The average Bonchev–Trinajstić information content (AvgIpc) is 2.73. The van der Waals surface area contributed by atoms with Gasteiger partial charge in [0.1, 0.15) is 0 Å². The van der Waals surface area contributed by atoms with E-state index in [1.807, 2.05) is 55.5 Å². The predicted octanol–water partition coefficient (Wildman–Crippen LogP) is 4.18. The van der Waals surface area contributed by atoms with Crippen molar-refractivity contribution < 1.29 is 14.3 Å². The molecule has 3 rings (SSSR count). The first kappa shape index (κ1) is 20.3. The summed E-state index contributed by atoms with van der Waals surface area (Å²) in [4.78, 5) is 31.3. The van der Waals surface area contributed by atoms with E-state index in [4.69, 9.17) is 4.74 Å². The van der Waals surface area contributed by atoms with Gasteiger partial charge in [-0.3, -0.25) is 9.78 Å². The highest BCUT2D eigenvalue weighted by molar-refractivity contribution is 6.04. The molecule has 0 saturated heterocycles. The summed E-state index contributed by atoms with van der Waals surface area (Å²) in [5.41, 5.74) is 3.60. The molecule has 3 aromatic rings. The number of hydrogen-bond acceptors (Lipinski definition) is 5. The summed E-state index contributed by atoms with van der Waals surface area (Å²) in [6, 6.07) is 16.6. The van der Waals surface area contributed by atoms with Crippen LogP contribution in [0.4, 0.5) is 11.4 Å². The van der Waals surface area contributed by atoms with Gasteiger partial charge in [0.25, 0.3) is 5.91 Å². The SMILES string of the molecule is CCN(CC)c1ccc(NC(=O)COC(=O)c2cc(C)nc3ccccc23)cc1. The molecule has 6 heteroatoms. The number of para-hydroxylation sites is 1. The quantitative estimate of drug-likeness (QED) is 0.612. The van der Waals surface area contributed by atoms with E-state index in [-0.39, 0.29) is 12.5 Å². The lowest BCUT2D eigenvalue weighted by atomic mass is 10.1. The Bertz CT molecular complexity index is 1010. The summed E-state index contributed by atoms with van der Waals surface area (Å²) < 4.78 is 5.23. The van der Waals surface area contributed by atoms with E-state index < -0.39 is 5.97 Å². The van der Waals surface area contributed by atoms with E-state index in [1.54, 1.807) is 6.07 Å². The zero-order chi connectivity index (χ0) is 20.8. The Morgan fingerprint density at radius 2 is 1.72 bits per heavy atom. The molecule has 150 valence electrons. The molecule has 0 aliphatic carbocycles. The minimum atomic E-state index is -0.543. The molecule has 2 aromatic carbocycles. The molecule has 1 amide bonds. The molecule has 0 fully saturated rings. The first-order chi connectivity index (χ1) is 14.0. The van der Waals surface area contributed by atoms with Crippen LogP contribution in [0.25, 0.3) is 10.9 Å². The summed E-state index contributed by atoms with van der Waals surface area (Å²) in [5, 5.41) is 3.46. The standard InChI is InChI=1S/C23H25N3O3/c1-4-26(5-2)18-12-10-17(11-13-18)25-22(27)15-29-23(28)20-14-16(3)24-21-9-7-6-8-19(20)21/h6-14H,4-5,15H2,1-3H3,(H,25,27). The van der Waals surface area contributed by atoms with Gasteiger partial charge in [-0.05, 0) is 57.2 Å². The number of esters is 1. The van der Waals surface area contributed by atoms with Crippen molar-refractivity contribution in [3.8, 4) is 0 Å². The van der Waals surface area contributed by atoms with Crippen molar-refractivity contribution in [2.75, 3.05) is 29.9 Å². The molecule has 0 aliphatic heterocycles. The molecule has 1 N–H and O–H groups in total. The molecule has 6 nitrogen and oxygen atoms in total. The molecule has 0 spiro atoms. The number of rotatable bonds is 7. The summed E-state index contributed by atoms with van der Waals surface area (Å²) in [6.07, 6.45) is 0. The summed E-state index contributed by atoms with van der Waals surface area (Å²) in [6.45, 7) is 7.49. The maximum Gasteiger partial charge on any atom is 0.339 e. The molecule has 0 aliphatic rings. The highest BCUT2D eigenvalue weighted by atomic mass is 16.5. The van der Waals surface area contributed by atoms with E-state index >= 15 is 0 Å². The number of aromatic nitrogens is 1. The van der Waals surface area contributed by atoms with Crippen molar-refractivity contribution >= 4 is 34.2 Å². The zero-order valence-electron chi connectivity index (χ0n) is 16.9. The molecule has 0 atom stereocenters. The Morgan fingerprint density at radius 1 is 1.03 bits per heavy atom. The number of fused-ring (bicyclic) bond motifs is 1. The smallest absolute Gasteiger partial charge is 0.339 e. The largest absolute Gasteiger partial charge is 0.452 e. The molecule has 0 radical (unpaired) electrons. The monoisotopic (exact) mass is 391 g/mol. The Balaban J connectivity index is 1.62.